The van der Waals surface area contributed by atoms with E-state index in [0.29, 0.717) is 10.8 Å². The molecule has 0 aromatic carbocycles. The second-order valence-electron chi connectivity index (χ2n) is 1.34. The second-order valence-corrected chi connectivity index (χ2v) is 1.75. The van der Waals surface area contributed by atoms with Gasteiger partial charge in [0.2, 0.25) is 0 Å². The van der Waals surface area contributed by atoms with Crippen LogP contribution in [0.25, 0.3) is 0 Å². The molecule has 0 heterocycles. The van der Waals surface area contributed by atoms with E-state index in [1.807, 2.05) is 0 Å². The summed E-state index contributed by atoms with van der Waals surface area (Å²) in [7, 11) is 0. The SMILES string of the molecule is C=COC(=C)/C(Cl)=C\C. The van der Waals surface area contributed by atoms with E-state index >= 15 is 0 Å². The molecule has 0 spiro atoms. The van der Waals surface area contributed by atoms with Gasteiger partial charge in [0.05, 0.1) is 11.3 Å². The third-order valence-electron chi connectivity index (χ3n) is 0.745. The van der Waals surface area contributed by atoms with Crippen molar-refractivity contribution in [2.75, 3.05) is 0 Å². The van der Waals surface area contributed by atoms with Crippen LogP contribution in [0.3, 0.4) is 0 Å². The quantitative estimate of drug-likeness (QED) is 0.437. The van der Waals surface area contributed by atoms with Gasteiger partial charge in [-0.25, -0.2) is 0 Å². The minimum absolute atomic E-state index is 0.425. The number of ether oxygens (including phenoxy) is 1. The summed E-state index contributed by atoms with van der Waals surface area (Å²) in [6, 6.07) is 0. The van der Waals surface area contributed by atoms with Gasteiger partial charge in [-0.2, -0.15) is 0 Å². The number of hydrogen-bond acceptors (Lipinski definition) is 1. The zero-order chi connectivity index (χ0) is 7.28. The first kappa shape index (κ1) is 8.31. The van der Waals surface area contributed by atoms with E-state index in [1.54, 1.807) is 13.0 Å². The molecule has 0 aliphatic heterocycles. The van der Waals surface area contributed by atoms with E-state index in [2.05, 4.69) is 13.2 Å². The Bertz CT molecular complexity index is 147. The monoisotopic (exact) mass is 144 g/mol. The van der Waals surface area contributed by atoms with Gasteiger partial charge in [0.25, 0.3) is 0 Å². The smallest absolute Gasteiger partial charge is 0.137 e. The molecule has 0 bridgehead atoms. The number of hydrogen-bond donors (Lipinski definition) is 0. The van der Waals surface area contributed by atoms with Crippen molar-refractivity contribution in [2.24, 2.45) is 0 Å². The van der Waals surface area contributed by atoms with Gasteiger partial charge in [0, 0.05) is 0 Å². The average Bonchev–Trinajstić information content (AvgIpc) is 1.87. The lowest BCUT2D eigenvalue weighted by Gasteiger charge is -1.99. The molecular weight excluding hydrogens is 136 g/mol. The Hall–Kier alpha value is -0.690. The van der Waals surface area contributed by atoms with Crippen molar-refractivity contribution in [2.45, 2.75) is 6.92 Å². The Balaban J connectivity index is 3.88. The number of allylic oxidation sites excluding steroid dienone is 2. The van der Waals surface area contributed by atoms with E-state index in [4.69, 9.17) is 16.3 Å². The highest BCUT2D eigenvalue weighted by molar-refractivity contribution is 6.31. The molecule has 0 saturated heterocycles. The molecule has 0 unspecified atom stereocenters. The van der Waals surface area contributed by atoms with Crippen LogP contribution in [0.5, 0.6) is 0 Å². The minimum Gasteiger partial charge on any atom is -0.465 e. The van der Waals surface area contributed by atoms with Crippen molar-refractivity contribution < 1.29 is 4.74 Å². The molecule has 0 aliphatic carbocycles. The normalized spacial score (nSPS) is 10.7. The molecule has 9 heavy (non-hydrogen) atoms. The highest BCUT2D eigenvalue weighted by Crippen LogP contribution is 2.12. The first-order valence-electron chi connectivity index (χ1n) is 2.51. The average molecular weight is 145 g/mol. The predicted molar refractivity (Wildman–Crippen MR) is 40.0 cm³/mol. The summed E-state index contributed by atoms with van der Waals surface area (Å²) in [6.07, 6.45) is 2.99. The van der Waals surface area contributed by atoms with Crippen molar-refractivity contribution in [1.29, 1.82) is 0 Å². The molecule has 0 atom stereocenters. The van der Waals surface area contributed by atoms with Crippen LogP contribution in [0, 0.1) is 0 Å². The summed E-state index contributed by atoms with van der Waals surface area (Å²) in [6.45, 7) is 8.68. The van der Waals surface area contributed by atoms with Crippen LogP contribution in [0.2, 0.25) is 0 Å². The first-order valence-corrected chi connectivity index (χ1v) is 2.88. The predicted octanol–water partition coefficient (Wildman–Crippen LogP) is 2.80. The Morgan fingerprint density at radius 2 is 2.22 bits per heavy atom. The summed E-state index contributed by atoms with van der Waals surface area (Å²) in [5, 5.41) is 0.509. The van der Waals surface area contributed by atoms with Crippen LogP contribution in [-0.2, 0) is 4.74 Å². The van der Waals surface area contributed by atoms with Gasteiger partial charge in [0.1, 0.15) is 5.76 Å². The molecule has 0 rings (SSSR count). The fraction of sp³-hybridized carbons (Fsp3) is 0.143. The van der Waals surface area contributed by atoms with E-state index in [9.17, 15) is 0 Å². The van der Waals surface area contributed by atoms with Crippen molar-refractivity contribution >= 4 is 11.6 Å². The number of rotatable bonds is 3. The maximum atomic E-state index is 5.58. The van der Waals surface area contributed by atoms with Crippen molar-refractivity contribution in [3.63, 3.8) is 0 Å². The Morgan fingerprint density at radius 1 is 1.67 bits per heavy atom. The summed E-state index contributed by atoms with van der Waals surface area (Å²) < 4.78 is 4.76. The van der Waals surface area contributed by atoms with Crippen molar-refractivity contribution in [1.82, 2.24) is 0 Å². The molecule has 0 aromatic rings. The van der Waals surface area contributed by atoms with Gasteiger partial charge in [-0.15, -0.1) is 0 Å². The van der Waals surface area contributed by atoms with Gasteiger partial charge in [0.15, 0.2) is 0 Å². The summed E-state index contributed by atoms with van der Waals surface area (Å²) in [5.74, 6) is 0.425. The van der Waals surface area contributed by atoms with Crippen molar-refractivity contribution in [3.05, 3.63) is 36.3 Å². The fourth-order valence-corrected chi connectivity index (χ4v) is 0.362. The Morgan fingerprint density at radius 3 is 2.56 bits per heavy atom. The van der Waals surface area contributed by atoms with Gasteiger partial charge in [-0.3, -0.25) is 0 Å². The van der Waals surface area contributed by atoms with Gasteiger partial charge in [-0.05, 0) is 6.92 Å². The van der Waals surface area contributed by atoms with Crippen LogP contribution < -0.4 is 0 Å². The molecule has 0 fully saturated rings. The Kier molecular flexibility index (Phi) is 3.89. The zero-order valence-electron chi connectivity index (χ0n) is 5.36. The molecular formula is C7H9ClO. The molecule has 0 radical (unpaired) electrons. The highest BCUT2D eigenvalue weighted by atomic mass is 35.5. The van der Waals surface area contributed by atoms with E-state index in [0.717, 1.165) is 0 Å². The lowest BCUT2D eigenvalue weighted by molar-refractivity contribution is 0.369. The highest BCUT2D eigenvalue weighted by Gasteiger charge is 1.94. The summed E-state index contributed by atoms with van der Waals surface area (Å²) >= 11 is 5.58. The standard InChI is InChI=1S/C7H9ClO/c1-4-7(8)6(3)9-5-2/h4-5H,2-3H2,1H3/b7-4+. The second kappa shape index (κ2) is 4.21. The van der Waals surface area contributed by atoms with Crippen LogP contribution in [0.4, 0.5) is 0 Å². The van der Waals surface area contributed by atoms with E-state index < -0.39 is 0 Å². The molecule has 0 amide bonds. The van der Waals surface area contributed by atoms with Crippen molar-refractivity contribution in [3.8, 4) is 0 Å². The minimum atomic E-state index is 0.425. The molecule has 0 saturated carbocycles. The van der Waals surface area contributed by atoms with E-state index in [-0.39, 0.29) is 0 Å². The van der Waals surface area contributed by atoms with E-state index in [1.165, 1.54) is 6.26 Å². The van der Waals surface area contributed by atoms with Crippen LogP contribution in [0.1, 0.15) is 6.92 Å². The molecule has 0 N–H and O–H groups in total. The summed E-state index contributed by atoms with van der Waals surface area (Å²) in [5.41, 5.74) is 0. The maximum absolute atomic E-state index is 5.58. The Labute approximate surface area is 60.3 Å². The third-order valence-corrected chi connectivity index (χ3v) is 1.17. The fourth-order valence-electron chi connectivity index (χ4n) is 0.318. The topological polar surface area (TPSA) is 9.23 Å². The maximum Gasteiger partial charge on any atom is 0.137 e. The third kappa shape index (κ3) is 2.98. The molecule has 0 aromatic heterocycles. The van der Waals surface area contributed by atoms with Gasteiger partial charge in [-0.1, -0.05) is 30.8 Å². The van der Waals surface area contributed by atoms with Crippen LogP contribution in [-0.4, -0.2) is 0 Å². The molecule has 0 aliphatic rings. The van der Waals surface area contributed by atoms with Gasteiger partial charge < -0.3 is 4.74 Å². The lowest BCUT2D eigenvalue weighted by atomic mass is 10.5. The largest absolute Gasteiger partial charge is 0.465 e. The van der Waals surface area contributed by atoms with Crippen LogP contribution >= 0.6 is 11.6 Å². The first-order chi connectivity index (χ1) is 4.22. The lowest BCUT2D eigenvalue weighted by Crippen LogP contribution is -1.80. The molecule has 1 nitrogen and oxygen atoms in total. The molecule has 50 valence electrons. The molecule has 2 heteroatoms. The zero-order valence-corrected chi connectivity index (χ0v) is 6.11. The number of halogens is 1. The van der Waals surface area contributed by atoms with Crippen LogP contribution in [0.15, 0.2) is 36.3 Å². The van der Waals surface area contributed by atoms with Gasteiger partial charge >= 0.3 is 0 Å². The summed E-state index contributed by atoms with van der Waals surface area (Å²) in [4.78, 5) is 0.